The first-order valence-electron chi connectivity index (χ1n) is 9.12. The molecule has 8 heteroatoms. The number of fused-ring (bicyclic) bond motifs is 1. The molecule has 1 aromatic carbocycles. The molecule has 1 N–H and O–H groups in total. The highest BCUT2D eigenvalue weighted by atomic mass is 32.2. The molecule has 0 spiro atoms. The summed E-state index contributed by atoms with van der Waals surface area (Å²) in [6, 6.07) is 5.66. The normalized spacial score (nSPS) is 12.9. The summed E-state index contributed by atoms with van der Waals surface area (Å²) in [5, 5.41) is 4.22. The summed E-state index contributed by atoms with van der Waals surface area (Å²) in [4.78, 5) is 16.3. The first-order valence-corrected chi connectivity index (χ1v) is 10.1. The van der Waals surface area contributed by atoms with E-state index in [1.165, 1.54) is 17.8 Å². The van der Waals surface area contributed by atoms with Gasteiger partial charge in [-0.05, 0) is 50.3 Å². The van der Waals surface area contributed by atoms with Gasteiger partial charge in [0, 0.05) is 11.1 Å². The summed E-state index contributed by atoms with van der Waals surface area (Å²) in [5.74, 6) is 0.765. The Balaban J connectivity index is 2.03. The van der Waals surface area contributed by atoms with E-state index >= 15 is 0 Å². The van der Waals surface area contributed by atoms with Gasteiger partial charge in [-0.1, -0.05) is 24.8 Å². The van der Waals surface area contributed by atoms with Gasteiger partial charge < -0.3 is 9.73 Å². The SMILES string of the molecule is CCSc1oc2c([C@@H](C)Nc3ccc(C(F)(F)F)nc3)cc(C)cc2c(=O)c1C. The second kappa shape index (κ2) is 8.10. The maximum absolute atomic E-state index is 12.8. The molecule has 0 aliphatic heterocycles. The van der Waals surface area contributed by atoms with E-state index in [1.54, 1.807) is 13.0 Å². The van der Waals surface area contributed by atoms with Crippen LogP contribution >= 0.6 is 11.8 Å². The Kier molecular flexibility index (Phi) is 5.93. The van der Waals surface area contributed by atoms with Gasteiger partial charge in [0.1, 0.15) is 11.3 Å². The standard InChI is InChI=1S/C21H21F3N2O2S/c1-5-29-20-12(3)18(27)16-9-11(2)8-15(19(16)28-20)13(4)26-14-6-7-17(25-10-14)21(22,23)24/h6-10,13,26H,5H2,1-4H3/t13-/m1/s1. The van der Waals surface area contributed by atoms with Crippen molar-refractivity contribution in [1.29, 1.82) is 0 Å². The van der Waals surface area contributed by atoms with E-state index < -0.39 is 11.9 Å². The molecule has 0 saturated heterocycles. The number of pyridine rings is 1. The van der Waals surface area contributed by atoms with Gasteiger partial charge in [-0.15, -0.1) is 0 Å². The van der Waals surface area contributed by atoms with Crippen LogP contribution in [0.5, 0.6) is 0 Å². The number of alkyl halides is 3. The highest BCUT2D eigenvalue weighted by Crippen LogP contribution is 2.32. The maximum atomic E-state index is 12.8. The van der Waals surface area contributed by atoms with Crippen LogP contribution in [-0.4, -0.2) is 10.7 Å². The summed E-state index contributed by atoms with van der Waals surface area (Å²) in [5.41, 5.74) is 2.15. The monoisotopic (exact) mass is 422 g/mol. The molecule has 1 atom stereocenters. The third-order valence-electron chi connectivity index (χ3n) is 4.53. The van der Waals surface area contributed by atoms with Crippen molar-refractivity contribution in [1.82, 2.24) is 4.98 Å². The predicted molar refractivity (Wildman–Crippen MR) is 110 cm³/mol. The van der Waals surface area contributed by atoms with Crippen LogP contribution in [-0.2, 0) is 6.18 Å². The number of nitrogens with zero attached hydrogens (tertiary/aromatic N) is 1. The molecule has 0 fully saturated rings. The predicted octanol–water partition coefficient (Wildman–Crippen LogP) is 6.11. The fourth-order valence-electron chi connectivity index (χ4n) is 3.11. The zero-order valence-corrected chi connectivity index (χ0v) is 17.3. The number of hydrogen-bond acceptors (Lipinski definition) is 5. The average molecular weight is 422 g/mol. The van der Waals surface area contributed by atoms with Gasteiger partial charge in [0.05, 0.1) is 23.3 Å². The molecule has 0 unspecified atom stereocenters. The number of halogens is 3. The van der Waals surface area contributed by atoms with Crippen LogP contribution in [0.25, 0.3) is 11.0 Å². The lowest BCUT2D eigenvalue weighted by molar-refractivity contribution is -0.141. The summed E-state index contributed by atoms with van der Waals surface area (Å²) in [6.45, 7) is 7.48. The van der Waals surface area contributed by atoms with E-state index in [4.69, 9.17) is 4.42 Å². The minimum atomic E-state index is -4.48. The molecule has 0 aliphatic carbocycles. The molecule has 3 aromatic rings. The molecule has 4 nitrogen and oxygen atoms in total. The van der Waals surface area contributed by atoms with E-state index in [-0.39, 0.29) is 11.5 Å². The molecule has 0 radical (unpaired) electrons. The van der Waals surface area contributed by atoms with Gasteiger partial charge in [0.2, 0.25) is 0 Å². The number of thioether (sulfide) groups is 1. The topological polar surface area (TPSA) is 55.1 Å². The van der Waals surface area contributed by atoms with Crippen molar-refractivity contribution in [2.75, 3.05) is 11.1 Å². The Morgan fingerprint density at radius 2 is 1.97 bits per heavy atom. The summed E-state index contributed by atoms with van der Waals surface area (Å²) in [7, 11) is 0. The van der Waals surface area contributed by atoms with Gasteiger partial charge in [-0.25, -0.2) is 4.98 Å². The van der Waals surface area contributed by atoms with E-state index in [0.29, 0.717) is 27.3 Å². The smallest absolute Gasteiger partial charge is 0.433 e. The van der Waals surface area contributed by atoms with Gasteiger partial charge in [0.25, 0.3) is 0 Å². The Morgan fingerprint density at radius 3 is 2.55 bits per heavy atom. The van der Waals surface area contributed by atoms with Crippen molar-refractivity contribution in [2.45, 2.75) is 45.0 Å². The molecule has 154 valence electrons. The highest BCUT2D eigenvalue weighted by molar-refractivity contribution is 7.99. The summed E-state index contributed by atoms with van der Waals surface area (Å²) in [6.07, 6.45) is -3.33. The minimum Gasteiger partial charge on any atom is -0.449 e. The number of aromatic nitrogens is 1. The third kappa shape index (κ3) is 4.42. The number of aryl methyl sites for hydroxylation is 1. The quantitative estimate of drug-likeness (QED) is 0.503. The molecular weight excluding hydrogens is 401 g/mol. The second-order valence-electron chi connectivity index (χ2n) is 6.80. The molecule has 2 heterocycles. The molecule has 3 rings (SSSR count). The van der Waals surface area contributed by atoms with Crippen molar-refractivity contribution < 1.29 is 17.6 Å². The largest absolute Gasteiger partial charge is 0.449 e. The molecular formula is C21H21F3N2O2S. The van der Waals surface area contributed by atoms with Gasteiger partial charge >= 0.3 is 6.18 Å². The first-order chi connectivity index (χ1) is 13.6. The zero-order chi connectivity index (χ0) is 21.3. The van der Waals surface area contributed by atoms with Crippen LogP contribution in [0.3, 0.4) is 0 Å². The molecule has 29 heavy (non-hydrogen) atoms. The molecule has 0 bridgehead atoms. The van der Waals surface area contributed by atoms with Crippen LogP contribution in [0.4, 0.5) is 18.9 Å². The minimum absolute atomic E-state index is 0.0736. The number of hydrogen-bond donors (Lipinski definition) is 1. The lowest BCUT2D eigenvalue weighted by Gasteiger charge is -2.18. The number of anilines is 1. The maximum Gasteiger partial charge on any atom is 0.433 e. The Labute approximate surface area is 170 Å². The van der Waals surface area contributed by atoms with Crippen molar-refractivity contribution in [2.24, 2.45) is 0 Å². The number of nitrogens with one attached hydrogen (secondary N) is 1. The van der Waals surface area contributed by atoms with E-state index in [9.17, 15) is 18.0 Å². The van der Waals surface area contributed by atoms with Crippen LogP contribution in [0.1, 0.15) is 42.3 Å². The lowest BCUT2D eigenvalue weighted by Crippen LogP contribution is -2.13. The summed E-state index contributed by atoms with van der Waals surface area (Å²) >= 11 is 1.46. The third-order valence-corrected chi connectivity index (χ3v) is 5.47. The van der Waals surface area contributed by atoms with Crippen molar-refractivity contribution in [3.8, 4) is 0 Å². The fourth-order valence-corrected chi connectivity index (χ4v) is 3.83. The lowest BCUT2D eigenvalue weighted by atomic mass is 10.0. The average Bonchev–Trinajstić information content (AvgIpc) is 2.66. The van der Waals surface area contributed by atoms with Gasteiger partial charge in [-0.3, -0.25) is 4.79 Å². The van der Waals surface area contributed by atoms with Crippen LogP contribution < -0.4 is 10.7 Å². The fraction of sp³-hybridized carbons (Fsp3) is 0.333. The van der Waals surface area contributed by atoms with E-state index in [2.05, 4.69) is 10.3 Å². The highest BCUT2D eigenvalue weighted by Gasteiger charge is 2.32. The van der Waals surface area contributed by atoms with Gasteiger partial charge in [0.15, 0.2) is 10.5 Å². The number of rotatable bonds is 5. The van der Waals surface area contributed by atoms with Crippen LogP contribution in [0.15, 0.2) is 44.8 Å². The first kappa shape index (κ1) is 21.2. The van der Waals surface area contributed by atoms with E-state index in [1.807, 2.05) is 26.8 Å². The Hall–Kier alpha value is -2.48. The van der Waals surface area contributed by atoms with E-state index in [0.717, 1.165) is 29.1 Å². The summed E-state index contributed by atoms with van der Waals surface area (Å²) < 4.78 is 44.2. The van der Waals surface area contributed by atoms with Crippen molar-refractivity contribution in [3.05, 3.63) is 63.1 Å². The van der Waals surface area contributed by atoms with Crippen molar-refractivity contribution >= 4 is 28.4 Å². The molecule has 0 aliphatic rings. The Morgan fingerprint density at radius 1 is 1.24 bits per heavy atom. The second-order valence-corrected chi connectivity index (χ2v) is 8.04. The Bertz CT molecular complexity index is 1090. The van der Waals surface area contributed by atoms with Crippen molar-refractivity contribution in [3.63, 3.8) is 0 Å². The number of benzene rings is 1. The molecule has 2 aromatic heterocycles. The van der Waals surface area contributed by atoms with Crippen LogP contribution in [0.2, 0.25) is 0 Å². The zero-order valence-electron chi connectivity index (χ0n) is 16.5. The molecule has 0 saturated carbocycles. The van der Waals surface area contributed by atoms with Crippen LogP contribution in [0, 0.1) is 13.8 Å². The molecule has 0 amide bonds. The van der Waals surface area contributed by atoms with Gasteiger partial charge in [-0.2, -0.15) is 13.2 Å².